The third-order valence-electron chi connectivity index (χ3n) is 5.90. The highest BCUT2D eigenvalue weighted by Gasteiger charge is 2.39. The zero-order valence-corrected chi connectivity index (χ0v) is 17.1. The van der Waals surface area contributed by atoms with Crippen LogP contribution in [-0.4, -0.2) is 50.2 Å². The van der Waals surface area contributed by atoms with Crippen LogP contribution in [0.5, 0.6) is 0 Å². The molecule has 0 aliphatic carbocycles. The lowest BCUT2D eigenvalue weighted by Gasteiger charge is -2.43. The number of aromatic nitrogens is 2. The van der Waals surface area contributed by atoms with Crippen LogP contribution in [-0.2, 0) is 17.8 Å². The van der Waals surface area contributed by atoms with Crippen molar-refractivity contribution in [2.24, 2.45) is 5.92 Å². The topological polar surface area (TPSA) is 75.4 Å². The molecule has 1 aromatic heterocycles. The van der Waals surface area contributed by atoms with Gasteiger partial charge in [-0.1, -0.05) is 30.3 Å². The molecule has 1 aliphatic heterocycles. The van der Waals surface area contributed by atoms with Crippen LogP contribution >= 0.6 is 0 Å². The molecule has 0 saturated carbocycles. The number of rotatable bonds is 5. The van der Waals surface area contributed by atoms with E-state index in [1.165, 1.54) is 6.92 Å². The second kappa shape index (κ2) is 7.87. The van der Waals surface area contributed by atoms with Gasteiger partial charge in [0.1, 0.15) is 6.54 Å². The Bertz CT molecular complexity index is 871. The average molecular weight is 383 g/mol. The second-order valence-corrected chi connectivity index (χ2v) is 8.09. The molecule has 1 saturated heterocycles. The molecule has 0 unspecified atom stereocenters. The lowest BCUT2D eigenvalue weighted by atomic mass is 9.79. The fourth-order valence-corrected chi connectivity index (χ4v) is 4.12. The van der Waals surface area contributed by atoms with E-state index in [1.54, 1.807) is 11.6 Å². The molecule has 1 aromatic carbocycles. The van der Waals surface area contributed by atoms with Gasteiger partial charge in [0.2, 0.25) is 5.91 Å². The summed E-state index contributed by atoms with van der Waals surface area (Å²) in [7, 11) is 0. The van der Waals surface area contributed by atoms with E-state index in [0.29, 0.717) is 30.8 Å². The number of hydrogen-bond acceptors (Lipinski definition) is 4. The van der Waals surface area contributed by atoms with Crippen molar-refractivity contribution in [2.45, 2.75) is 52.7 Å². The quantitative estimate of drug-likeness (QED) is 0.805. The fraction of sp³-hybridized carbons (Fsp3) is 0.500. The maximum atomic E-state index is 12.9. The molecule has 0 spiro atoms. The molecule has 1 N–H and O–H groups in total. The van der Waals surface area contributed by atoms with Gasteiger partial charge in [0, 0.05) is 24.7 Å². The lowest BCUT2D eigenvalue weighted by Crippen LogP contribution is -2.53. The number of amides is 1. The lowest BCUT2D eigenvalue weighted by molar-refractivity contribution is -0.139. The Morgan fingerprint density at radius 1 is 1.25 bits per heavy atom. The van der Waals surface area contributed by atoms with Crippen molar-refractivity contribution >= 4 is 11.7 Å². The van der Waals surface area contributed by atoms with Crippen molar-refractivity contribution < 1.29 is 14.7 Å². The molecule has 1 aliphatic rings. The van der Waals surface area contributed by atoms with Crippen molar-refractivity contribution in [1.29, 1.82) is 0 Å². The molecule has 6 nitrogen and oxygen atoms in total. The van der Waals surface area contributed by atoms with E-state index in [4.69, 9.17) is 0 Å². The summed E-state index contributed by atoms with van der Waals surface area (Å²) in [6.07, 6.45) is 1.28. The van der Waals surface area contributed by atoms with Gasteiger partial charge in [0.25, 0.3) is 0 Å². The van der Waals surface area contributed by atoms with E-state index >= 15 is 0 Å². The van der Waals surface area contributed by atoms with Crippen LogP contribution in [0.15, 0.2) is 30.3 Å². The summed E-state index contributed by atoms with van der Waals surface area (Å²) in [6.45, 7) is 8.14. The van der Waals surface area contributed by atoms with Crippen LogP contribution in [0, 0.1) is 19.8 Å². The van der Waals surface area contributed by atoms with Gasteiger partial charge in [-0.2, -0.15) is 5.10 Å². The molecule has 0 radical (unpaired) electrons. The molecule has 2 atom stereocenters. The van der Waals surface area contributed by atoms with Crippen LogP contribution in [0.25, 0.3) is 0 Å². The predicted octanol–water partition coefficient (Wildman–Crippen LogP) is 2.54. The summed E-state index contributed by atoms with van der Waals surface area (Å²) in [5.74, 6) is -0.0965. The maximum Gasteiger partial charge on any atom is 0.244 e. The van der Waals surface area contributed by atoms with Crippen LogP contribution < -0.4 is 0 Å². The molecule has 1 amide bonds. The minimum absolute atomic E-state index is 0.0270. The first kappa shape index (κ1) is 20.3. The Morgan fingerprint density at radius 3 is 2.54 bits per heavy atom. The highest BCUT2D eigenvalue weighted by molar-refractivity contribution is 5.96. The minimum atomic E-state index is -0.799. The molecule has 2 aromatic rings. The number of carbonyl (C=O) groups excluding carboxylic acids is 2. The summed E-state index contributed by atoms with van der Waals surface area (Å²) in [4.78, 5) is 26.5. The normalized spacial score (nSPS) is 22.3. The zero-order valence-electron chi connectivity index (χ0n) is 17.1. The largest absolute Gasteiger partial charge is 0.390 e. The number of aliphatic hydroxyl groups is 1. The zero-order chi connectivity index (χ0) is 20.5. The van der Waals surface area contributed by atoms with Crippen LogP contribution in [0.2, 0.25) is 0 Å². The summed E-state index contributed by atoms with van der Waals surface area (Å²) in [5, 5.41) is 15.2. The van der Waals surface area contributed by atoms with E-state index < -0.39 is 5.60 Å². The summed E-state index contributed by atoms with van der Waals surface area (Å²) < 4.78 is 1.62. The molecule has 2 heterocycles. The van der Waals surface area contributed by atoms with E-state index in [2.05, 4.69) is 17.2 Å². The number of likely N-dealkylation sites (tertiary alicyclic amines) is 1. The molecular weight excluding hydrogens is 354 g/mol. The van der Waals surface area contributed by atoms with Gasteiger partial charge in [-0.15, -0.1) is 0 Å². The van der Waals surface area contributed by atoms with E-state index in [1.807, 2.05) is 36.9 Å². The second-order valence-electron chi connectivity index (χ2n) is 8.09. The van der Waals surface area contributed by atoms with Gasteiger partial charge in [-0.25, -0.2) is 0 Å². The van der Waals surface area contributed by atoms with Gasteiger partial charge in [-0.3, -0.25) is 14.3 Å². The van der Waals surface area contributed by atoms with E-state index in [0.717, 1.165) is 17.7 Å². The third kappa shape index (κ3) is 4.17. The van der Waals surface area contributed by atoms with Crippen molar-refractivity contribution in [3.8, 4) is 0 Å². The monoisotopic (exact) mass is 383 g/mol. The van der Waals surface area contributed by atoms with Gasteiger partial charge in [-0.05, 0) is 46.1 Å². The average Bonchev–Trinajstić information content (AvgIpc) is 2.91. The SMILES string of the molecule is CC(=O)c1c(C)nn(CC(=O)N2CC[C@](C)(O)[C@H](Cc3ccccc3)C2)c1C. The first-order valence-corrected chi connectivity index (χ1v) is 9.78. The Labute approximate surface area is 166 Å². The molecular formula is C22H29N3O3. The van der Waals surface area contributed by atoms with Crippen LogP contribution in [0.3, 0.4) is 0 Å². The highest BCUT2D eigenvalue weighted by Crippen LogP contribution is 2.30. The molecule has 0 bridgehead atoms. The standard InChI is InChI=1S/C22H29N3O3/c1-15-21(17(3)26)16(2)25(23-15)14-20(27)24-11-10-22(4,28)19(13-24)12-18-8-6-5-7-9-18/h5-9,19,28H,10-14H2,1-4H3/t19-,22+/m1/s1. The molecule has 1 fully saturated rings. The third-order valence-corrected chi connectivity index (χ3v) is 5.90. The number of nitrogens with zero attached hydrogens (tertiary/aromatic N) is 3. The number of carbonyl (C=O) groups is 2. The van der Waals surface area contributed by atoms with Crippen LogP contribution in [0.1, 0.15) is 47.6 Å². The van der Waals surface area contributed by atoms with Gasteiger partial charge < -0.3 is 10.0 Å². The Morgan fingerprint density at radius 2 is 1.93 bits per heavy atom. The van der Waals surface area contributed by atoms with E-state index in [-0.39, 0.29) is 24.2 Å². The van der Waals surface area contributed by atoms with E-state index in [9.17, 15) is 14.7 Å². The Hall–Kier alpha value is -2.47. The molecule has 6 heteroatoms. The van der Waals surface area contributed by atoms with Crippen molar-refractivity contribution in [2.75, 3.05) is 13.1 Å². The number of benzene rings is 1. The number of piperidine rings is 1. The first-order chi connectivity index (χ1) is 13.2. The van der Waals surface area contributed by atoms with Crippen molar-refractivity contribution in [3.63, 3.8) is 0 Å². The van der Waals surface area contributed by atoms with Gasteiger partial charge >= 0.3 is 0 Å². The number of aryl methyl sites for hydroxylation is 1. The number of Topliss-reactive ketones (excluding diaryl/α,β-unsaturated/α-hetero) is 1. The van der Waals surface area contributed by atoms with Crippen molar-refractivity contribution in [1.82, 2.24) is 14.7 Å². The Kier molecular flexibility index (Phi) is 5.70. The number of hydrogen-bond donors (Lipinski definition) is 1. The highest BCUT2D eigenvalue weighted by atomic mass is 16.3. The minimum Gasteiger partial charge on any atom is -0.390 e. The molecule has 3 rings (SSSR count). The molecule has 150 valence electrons. The Balaban J connectivity index is 1.72. The summed E-state index contributed by atoms with van der Waals surface area (Å²) >= 11 is 0. The smallest absolute Gasteiger partial charge is 0.244 e. The molecule has 28 heavy (non-hydrogen) atoms. The number of ketones is 1. The summed E-state index contributed by atoms with van der Waals surface area (Å²) in [5.41, 5.74) is 2.33. The predicted molar refractivity (Wildman–Crippen MR) is 107 cm³/mol. The first-order valence-electron chi connectivity index (χ1n) is 9.78. The van der Waals surface area contributed by atoms with Gasteiger partial charge in [0.15, 0.2) is 5.78 Å². The van der Waals surface area contributed by atoms with Crippen molar-refractivity contribution in [3.05, 3.63) is 52.8 Å². The maximum absolute atomic E-state index is 12.9. The van der Waals surface area contributed by atoms with Crippen LogP contribution in [0.4, 0.5) is 0 Å². The summed E-state index contributed by atoms with van der Waals surface area (Å²) in [6, 6.07) is 10.1. The fourth-order valence-electron chi connectivity index (χ4n) is 4.12. The van der Waals surface area contributed by atoms with Gasteiger partial charge in [0.05, 0.1) is 16.9 Å².